The molecule has 3 aromatic heterocycles. The van der Waals surface area contributed by atoms with Crippen molar-refractivity contribution in [1.29, 1.82) is 0 Å². The van der Waals surface area contributed by atoms with Crippen LogP contribution in [-0.2, 0) is 35.1 Å². The van der Waals surface area contributed by atoms with Gasteiger partial charge in [-0.3, -0.25) is 24.1 Å². The van der Waals surface area contributed by atoms with Gasteiger partial charge in [0.1, 0.15) is 34.2 Å². The van der Waals surface area contributed by atoms with Gasteiger partial charge in [-0.15, -0.1) is 11.3 Å². The average Bonchev–Trinajstić information content (AvgIpc) is 4.23. The van der Waals surface area contributed by atoms with Crippen molar-refractivity contribution in [2.24, 2.45) is 11.3 Å². The Labute approximate surface area is 484 Å². The van der Waals surface area contributed by atoms with E-state index in [1.807, 2.05) is 89.5 Å². The quantitative estimate of drug-likeness (QED) is 0.0304. The number of nitrogens with one attached hydrogen (secondary N) is 3. The van der Waals surface area contributed by atoms with Gasteiger partial charge in [0.25, 0.3) is 5.91 Å². The van der Waals surface area contributed by atoms with Crippen LogP contribution in [-0.4, -0.2) is 149 Å². The number of thiazole rings is 2. The molecule has 0 radical (unpaired) electrons. The van der Waals surface area contributed by atoms with Gasteiger partial charge in [0.05, 0.1) is 65.5 Å². The van der Waals surface area contributed by atoms with Crippen molar-refractivity contribution in [3.63, 3.8) is 0 Å². The minimum Gasteiger partial charge on any atom is -0.391 e. The molecule has 18 nitrogen and oxygen atoms in total. The number of nitrogens with zero attached hydrogens (tertiary/aromatic N) is 7. The number of hydrogen-bond donors (Lipinski definition) is 4. The summed E-state index contributed by atoms with van der Waals surface area (Å²) in [5.74, 6) is 0.723. The third-order valence-electron chi connectivity index (χ3n) is 14.5. The average molecular weight is 1160 g/mol. The SMILES string of the molecule is Cc1nc(Nc2ncc(C(=O)Nc3c(C)cccc3Cl)s2)cc(N2CCN(CCCCCCOCCOCCOCCCCCC(=O)C[C@H](C(=O)N3C[C@H](O)C[C@H]3C(=O)NCc3ccc(-c4scnc4C)cc3)C(C)(C)C)CC2)n1. The van der Waals surface area contributed by atoms with Crippen molar-refractivity contribution < 1.29 is 38.5 Å². The first-order chi connectivity index (χ1) is 38.5. The molecule has 4 N–H and O–H groups in total. The highest BCUT2D eigenvalue weighted by molar-refractivity contribution is 7.17. The van der Waals surface area contributed by atoms with E-state index in [1.54, 1.807) is 23.6 Å². The number of para-hydroxylation sites is 1. The Kier molecular flexibility index (Phi) is 24.2. The zero-order valence-electron chi connectivity index (χ0n) is 47.4. The molecule has 2 saturated heterocycles. The van der Waals surface area contributed by atoms with Crippen LogP contribution in [0, 0.1) is 32.1 Å². The summed E-state index contributed by atoms with van der Waals surface area (Å²) in [5, 5.41) is 20.8. The smallest absolute Gasteiger partial charge is 0.267 e. The lowest BCUT2D eigenvalue weighted by Gasteiger charge is -2.35. The van der Waals surface area contributed by atoms with Gasteiger partial charge in [0, 0.05) is 83.7 Å². The summed E-state index contributed by atoms with van der Waals surface area (Å²) >= 11 is 9.14. The predicted octanol–water partition coefficient (Wildman–Crippen LogP) is 9.82. The van der Waals surface area contributed by atoms with E-state index in [0.29, 0.717) is 84.8 Å². The van der Waals surface area contributed by atoms with E-state index < -0.39 is 23.5 Å². The van der Waals surface area contributed by atoms with E-state index in [9.17, 15) is 24.3 Å². The summed E-state index contributed by atoms with van der Waals surface area (Å²) in [5.41, 5.74) is 5.76. The Bertz CT molecular complexity index is 2760. The fourth-order valence-electron chi connectivity index (χ4n) is 9.89. The number of aliphatic hydroxyl groups is 1. The number of aryl methyl sites for hydroxylation is 3. The van der Waals surface area contributed by atoms with E-state index in [-0.39, 0.29) is 42.9 Å². The van der Waals surface area contributed by atoms with Gasteiger partial charge in [-0.05, 0) is 81.2 Å². The number of unbranched alkanes of at least 4 members (excludes halogenated alkanes) is 5. The molecule has 3 amide bonds. The number of aromatic nitrogens is 4. The van der Waals surface area contributed by atoms with E-state index in [0.717, 1.165) is 111 Å². The maximum atomic E-state index is 14.1. The maximum Gasteiger partial charge on any atom is 0.267 e. The molecule has 2 aromatic carbocycles. The lowest BCUT2D eigenvalue weighted by atomic mass is 9.76. The molecule has 2 fully saturated rings. The molecule has 7 rings (SSSR count). The number of ketones is 1. The van der Waals surface area contributed by atoms with Gasteiger partial charge in [-0.2, -0.15) is 0 Å². The number of β-amino-alcohol motifs (C(OH)–C–C–N with tert-alkyl or cyclic N) is 1. The number of likely N-dealkylation sites (tertiary alicyclic amines) is 1. The van der Waals surface area contributed by atoms with Gasteiger partial charge in [-0.1, -0.05) is 99.4 Å². The van der Waals surface area contributed by atoms with E-state index >= 15 is 0 Å². The molecular formula is C59H81ClN10O8S2. The first-order valence-corrected chi connectivity index (χ1v) is 30.2. The molecule has 2 aliphatic rings. The number of amides is 3. The molecule has 0 saturated carbocycles. The fraction of sp³-hybridized carbons (Fsp3) is 0.559. The third kappa shape index (κ3) is 19.1. The van der Waals surface area contributed by atoms with Crippen LogP contribution < -0.4 is 20.9 Å². The number of halogens is 1. The molecule has 2 aliphatic heterocycles. The number of aliphatic hydroxyl groups excluding tert-OH is 1. The molecule has 5 aromatic rings. The van der Waals surface area contributed by atoms with E-state index in [2.05, 4.69) is 40.7 Å². The van der Waals surface area contributed by atoms with Gasteiger partial charge in [0.2, 0.25) is 11.8 Å². The largest absolute Gasteiger partial charge is 0.391 e. The fourth-order valence-corrected chi connectivity index (χ4v) is 11.7. The lowest BCUT2D eigenvalue weighted by Crippen LogP contribution is -2.50. The molecule has 0 bridgehead atoms. The van der Waals surface area contributed by atoms with Crippen LogP contribution in [0.25, 0.3) is 10.4 Å². The monoisotopic (exact) mass is 1160 g/mol. The summed E-state index contributed by atoms with van der Waals surface area (Å²) in [6, 6.07) is 14.6. The molecule has 0 aliphatic carbocycles. The maximum absolute atomic E-state index is 14.1. The second-order valence-electron chi connectivity index (χ2n) is 21.8. The van der Waals surface area contributed by atoms with Crippen LogP contribution in [0.2, 0.25) is 5.02 Å². The summed E-state index contributed by atoms with van der Waals surface area (Å²) in [7, 11) is 0. The number of benzene rings is 2. The number of Topliss-reactive ketones (excluding diaryl/α,β-unsaturated/α-hetero) is 1. The highest BCUT2D eigenvalue weighted by Crippen LogP contribution is 2.35. The molecule has 3 atom stereocenters. The molecule has 0 spiro atoms. The summed E-state index contributed by atoms with van der Waals surface area (Å²) in [6.07, 6.45) is 8.19. The number of anilines is 4. The minimum atomic E-state index is -0.811. The minimum absolute atomic E-state index is 0.0237. The standard InChI is InChI=1S/C59H81ClN10O8S2/c1-40-15-14-17-48(60)53(40)67-56(74)50-37-62-58(80-50)66-51-35-52(65-42(3)64-51)69-25-23-68(24-26-69)22-11-7-8-12-27-76-29-31-78-32-30-77-28-13-9-10-16-45(71)33-47(59(4,5)6)57(75)70-38-46(72)34-49(70)55(73)61-36-43-18-20-44(21-19-43)54-41(2)63-39-79-54/h14-15,17-21,35,37,39,46-47,49,72H,7-13,16,22-34,36,38H2,1-6H3,(H,61,73)(H,67,74)(H,62,64,65,66)/t46-,47-,49+/m1/s1. The molecule has 80 heavy (non-hydrogen) atoms. The first-order valence-electron chi connectivity index (χ1n) is 28.1. The lowest BCUT2D eigenvalue weighted by molar-refractivity contribution is -0.146. The topological polar surface area (TPSA) is 214 Å². The Morgan fingerprint density at radius 2 is 1.52 bits per heavy atom. The van der Waals surface area contributed by atoms with Crippen molar-refractivity contribution in [1.82, 2.24) is 35.1 Å². The number of ether oxygens (including phenoxy) is 3. The van der Waals surface area contributed by atoms with Crippen molar-refractivity contribution in [2.75, 3.05) is 94.4 Å². The molecule has 5 heterocycles. The van der Waals surface area contributed by atoms with Crippen molar-refractivity contribution >= 4 is 80.2 Å². The van der Waals surface area contributed by atoms with Crippen molar-refractivity contribution in [3.05, 3.63) is 92.8 Å². The normalized spacial score (nSPS) is 16.2. The number of piperazine rings is 1. The van der Waals surface area contributed by atoms with Crippen molar-refractivity contribution in [2.45, 2.75) is 124 Å². The van der Waals surface area contributed by atoms with Crippen LogP contribution in [0.1, 0.15) is 117 Å². The van der Waals surface area contributed by atoms with Gasteiger partial charge >= 0.3 is 0 Å². The van der Waals surface area contributed by atoms with Crippen LogP contribution in [0.5, 0.6) is 0 Å². The van der Waals surface area contributed by atoms with Gasteiger partial charge < -0.3 is 45.1 Å². The Hall–Kier alpha value is -5.45. The van der Waals surface area contributed by atoms with Crippen LogP contribution in [0.15, 0.2) is 60.2 Å². The highest BCUT2D eigenvalue weighted by Gasteiger charge is 2.44. The summed E-state index contributed by atoms with van der Waals surface area (Å²) in [4.78, 5) is 79.6. The van der Waals surface area contributed by atoms with Crippen LogP contribution in [0.3, 0.4) is 0 Å². The second kappa shape index (κ2) is 31.1. The van der Waals surface area contributed by atoms with E-state index in [4.69, 9.17) is 30.8 Å². The number of hydrogen-bond acceptors (Lipinski definition) is 17. The predicted molar refractivity (Wildman–Crippen MR) is 317 cm³/mol. The first kappa shape index (κ1) is 62.2. The zero-order valence-corrected chi connectivity index (χ0v) is 49.8. The van der Waals surface area contributed by atoms with Gasteiger partial charge in [-0.25, -0.2) is 19.9 Å². The molecule has 434 valence electrons. The third-order valence-corrected chi connectivity index (χ3v) is 16.7. The molecular weight excluding hydrogens is 1080 g/mol. The van der Waals surface area contributed by atoms with Crippen LogP contribution >= 0.6 is 34.3 Å². The molecule has 0 unspecified atom stereocenters. The Morgan fingerprint density at radius 3 is 2.20 bits per heavy atom. The Balaban J connectivity index is 0.665. The van der Waals surface area contributed by atoms with Gasteiger partial charge in [0.15, 0.2) is 5.13 Å². The zero-order chi connectivity index (χ0) is 57.0. The number of carbonyl (C=O) groups is 4. The Morgan fingerprint density at radius 1 is 0.838 bits per heavy atom. The summed E-state index contributed by atoms with van der Waals surface area (Å²) in [6.45, 7) is 20.1. The summed E-state index contributed by atoms with van der Waals surface area (Å²) < 4.78 is 17.3. The van der Waals surface area contributed by atoms with Crippen molar-refractivity contribution in [3.8, 4) is 10.4 Å². The number of carbonyl (C=O) groups excluding carboxylic acids is 4. The number of rotatable bonds is 31. The molecule has 21 heteroatoms. The highest BCUT2D eigenvalue weighted by atomic mass is 35.5. The van der Waals surface area contributed by atoms with E-state index in [1.165, 1.54) is 16.2 Å². The van der Waals surface area contributed by atoms with Crippen LogP contribution in [0.4, 0.5) is 22.5 Å². The second-order valence-corrected chi connectivity index (χ2v) is 24.1.